The number of nitrogens with zero attached hydrogens (tertiary/aromatic N) is 2. The molecule has 4 rings (SSSR count). The molecule has 102 valence electrons. The zero-order valence-corrected chi connectivity index (χ0v) is 12.3. The summed E-state index contributed by atoms with van der Waals surface area (Å²) in [6.45, 7) is 0. The molecule has 2 N–H and O–H groups in total. The first-order valence-corrected chi connectivity index (χ1v) is 8.56. The van der Waals surface area contributed by atoms with Gasteiger partial charge in [-0.15, -0.1) is 11.8 Å². The Bertz CT molecular complexity index is 677. The average Bonchev–Trinajstić information content (AvgIpc) is 2.96. The van der Waals surface area contributed by atoms with E-state index >= 15 is 0 Å². The Morgan fingerprint density at radius 3 is 3.05 bits per heavy atom. The lowest BCUT2D eigenvalue weighted by Gasteiger charge is -2.24. The van der Waals surface area contributed by atoms with Crippen molar-refractivity contribution in [3.05, 3.63) is 41.3 Å². The molecule has 3 heterocycles. The molecule has 0 saturated heterocycles. The van der Waals surface area contributed by atoms with Crippen molar-refractivity contribution in [1.29, 1.82) is 0 Å². The lowest BCUT2D eigenvalue weighted by atomic mass is 10.2. The van der Waals surface area contributed by atoms with E-state index in [1.54, 1.807) is 11.8 Å². The van der Waals surface area contributed by atoms with Gasteiger partial charge in [0.1, 0.15) is 11.6 Å². The van der Waals surface area contributed by atoms with E-state index in [1.165, 1.54) is 4.90 Å². The maximum Gasteiger partial charge on any atom is 0.172 e. The van der Waals surface area contributed by atoms with Crippen molar-refractivity contribution in [3.8, 4) is 5.75 Å². The highest BCUT2D eigenvalue weighted by atomic mass is 32.2. The maximum absolute atomic E-state index is 6.05. The molecule has 1 atom stereocenters. The molecule has 0 fully saturated rings. The van der Waals surface area contributed by atoms with Crippen molar-refractivity contribution >= 4 is 29.3 Å². The molecular weight excluding hydrogens is 290 g/mol. The van der Waals surface area contributed by atoms with E-state index in [9.17, 15) is 0 Å². The van der Waals surface area contributed by atoms with Crippen LogP contribution in [0.4, 0.5) is 5.82 Å². The van der Waals surface area contributed by atoms with Gasteiger partial charge in [0.05, 0.1) is 5.69 Å². The molecule has 0 amide bonds. The van der Waals surface area contributed by atoms with E-state index in [2.05, 4.69) is 16.0 Å². The zero-order chi connectivity index (χ0) is 13.5. The maximum atomic E-state index is 6.05. The Balaban J connectivity index is 1.68. The van der Waals surface area contributed by atoms with Gasteiger partial charge in [0, 0.05) is 27.7 Å². The number of para-hydroxylation sites is 1. The minimum absolute atomic E-state index is 0.117. The highest BCUT2D eigenvalue weighted by Crippen LogP contribution is 2.40. The van der Waals surface area contributed by atoms with Gasteiger partial charge in [-0.1, -0.05) is 12.1 Å². The van der Waals surface area contributed by atoms with Crippen LogP contribution in [0.3, 0.4) is 0 Å². The number of nitrogen functional groups attached to an aromatic ring is 1. The second kappa shape index (κ2) is 4.86. The largest absolute Gasteiger partial charge is 0.480 e. The first kappa shape index (κ1) is 12.3. The lowest BCUT2D eigenvalue weighted by molar-refractivity contribution is 0.210. The van der Waals surface area contributed by atoms with E-state index < -0.39 is 0 Å². The molecule has 0 spiro atoms. The number of anilines is 1. The van der Waals surface area contributed by atoms with Crippen LogP contribution in [0.1, 0.15) is 23.2 Å². The second-order valence-corrected chi connectivity index (χ2v) is 6.80. The number of rotatable bonds is 1. The summed E-state index contributed by atoms with van der Waals surface area (Å²) in [6, 6.07) is 8.07. The fourth-order valence-electron chi connectivity index (χ4n) is 2.39. The molecule has 0 saturated carbocycles. The van der Waals surface area contributed by atoms with E-state index in [1.807, 2.05) is 30.0 Å². The quantitative estimate of drug-likeness (QED) is 0.874. The van der Waals surface area contributed by atoms with Crippen LogP contribution in [0, 0.1) is 0 Å². The number of aromatic nitrogens is 2. The summed E-state index contributed by atoms with van der Waals surface area (Å²) >= 11 is 3.61. The molecule has 2 aliphatic heterocycles. The fourth-order valence-corrected chi connectivity index (χ4v) is 4.42. The van der Waals surface area contributed by atoms with Crippen molar-refractivity contribution in [1.82, 2.24) is 9.97 Å². The van der Waals surface area contributed by atoms with E-state index in [4.69, 9.17) is 10.5 Å². The third-order valence-corrected chi connectivity index (χ3v) is 5.51. The average molecular weight is 303 g/mol. The first-order chi connectivity index (χ1) is 9.81. The number of benzene rings is 1. The minimum atomic E-state index is -0.117. The van der Waals surface area contributed by atoms with Gasteiger partial charge in [-0.2, -0.15) is 11.8 Å². The van der Waals surface area contributed by atoms with Crippen LogP contribution in [0.25, 0.3) is 0 Å². The Morgan fingerprint density at radius 2 is 2.10 bits per heavy atom. The summed E-state index contributed by atoms with van der Waals surface area (Å²) in [6.07, 6.45) is -0.117. The van der Waals surface area contributed by atoms with Gasteiger partial charge in [0.2, 0.25) is 0 Å². The summed E-state index contributed by atoms with van der Waals surface area (Å²) in [5, 5.41) is 0. The Kier molecular flexibility index (Phi) is 3.00. The highest BCUT2D eigenvalue weighted by molar-refractivity contribution is 7.99. The highest BCUT2D eigenvalue weighted by Gasteiger charge is 2.27. The van der Waals surface area contributed by atoms with Crippen LogP contribution >= 0.6 is 23.5 Å². The number of ether oxygens (including phenoxy) is 1. The van der Waals surface area contributed by atoms with Crippen LogP contribution in [0.15, 0.2) is 29.2 Å². The number of hydrogen-bond donors (Lipinski definition) is 1. The smallest absolute Gasteiger partial charge is 0.172 e. The standard InChI is InChI=1S/C14H13N3OS2/c15-13-8-5-19-6-9(8)16-14(17-13)11-7-20-12-4-2-1-3-10(12)18-11/h1-4,11H,5-7H2,(H2,15,16,17). The monoisotopic (exact) mass is 303 g/mol. The predicted molar refractivity (Wildman–Crippen MR) is 82.0 cm³/mol. The summed E-state index contributed by atoms with van der Waals surface area (Å²) in [4.78, 5) is 10.3. The van der Waals surface area contributed by atoms with Gasteiger partial charge in [0.25, 0.3) is 0 Å². The molecule has 0 radical (unpaired) electrons. The predicted octanol–water partition coefficient (Wildman–Crippen LogP) is 3.03. The Labute approximate surface area is 125 Å². The second-order valence-electron chi connectivity index (χ2n) is 4.75. The van der Waals surface area contributed by atoms with Crippen LogP contribution in [0.5, 0.6) is 5.75 Å². The van der Waals surface area contributed by atoms with Gasteiger partial charge >= 0.3 is 0 Å². The topological polar surface area (TPSA) is 61.0 Å². The van der Waals surface area contributed by atoms with E-state index in [0.717, 1.165) is 34.3 Å². The van der Waals surface area contributed by atoms with Gasteiger partial charge < -0.3 is 10.5 Å². The SMILES string of the molecule is Nc1nc(C2CSc3ccccc3O2)nc2c1CSC2. The van der Waals surface area contributed by atoms with Crippen LogP contribution < -0.4 is 10.5 Å². The van der Waals surface area contributed by atoms with Crippen molar-refractivity contribution in [3.63, 3.8) is 0 Å². The van der Waals surface area contributed by atoms with Crippen molar-refractivity contribution in [2.45, 2.75) is 22.5 Å². The third kappa shape index (κ3) is 2.03. The normalized spacial score (nSPS) is 20.1. The molecule has 0 aliphatic carbocycles. The summed E-state index contributed by atoms with van der Waals surface area (Å²) in [5.74, 6) is 4.90. The van der Waals surface area contributed by atoms with E-state index in [-0.39, 0.29) is 6.10 Å². The van der Waals surface area contributed by atoms with Crippen molar-refractivity contribution in [2.24, 2.45) is 0 Å². The molecular formula is C14H13N3OS2. The lowest BCUT2D eigenvalue weighted by Crippen LogP contribution is -2.19. The van der Waals surface area contributed by atoms with E-state index in [0.29, 0.717) is 11.6 Å². The van der Waals surface area contributed by atoms with Crippen LogP contribution in [-0.4, -0.2) is 15.7 Å². The van der Waals surface area contributed by atoms with Crippen molar-refractivity contribution in [2.75, 3.05) is 11.5 Å². The molecule has 1 unspecified atom stereocenters. The first-order valence-electron chi connectivity index (χ1n) is 6.42. The summed E-state index contributed by atoms with van der Waals surface area (Å²) in [5.41, 5.74) is 8.22. The Morgan fingerprint density at radius 1 is 1.20 bits per heavy atom. The van der Waals surface area contributed by atoms with Crippen molar-refractivity contribution < 1.29 is 4.74 Å². The molecule has 20 heavy (non-hydrogen) atoms. The molecule has 2 aliphatic rings. The number of nitrogens with two attached hydrogens (primary N) is 1. The van der Waals surface area contributed by atoms with Gasteiger partial charge in [-0.3, -0.25) is 0 Å². The fraction of sp³-hybridized carbons (Fsp3) is 0.286. The summed E-state index contributed by atoms with van der Waals surface area (Å²) < 4.78 is 6.02. The third-order valence-electron chi connectivity index (χ3n) is 3.42. The zero-order valence-electron chi connectivity index (χ0n) is 10.7. The van der Waals surface area contributed by atoms with Crippen LogP contribution in [0.2, 0.25) is 0 Å². The molecule has 2 aromatic rings. The molecule has 1 aromatic heterocycles. The number of hydrogen-bond acceptors (Lipinski definition) is 6. The molecule has 0 bridgehead atoms. The van der Waals surface area contributed by atoms with Gasteiger partial charge in [0.15, 0.2) is 11.9 Å². The van der Waals surface area contributed by atoms with Gasteiger partial charge in [-0.25, -0.2) is 9.97 Å². The molecule has 4 nitrogen and oxygen atoms in total. The number of fused-ring (bicyclic) bond motifs is 2. The van der Waals surface area contributed by atoms with Gasteiger partial charge in [-0.05, 0) is 12.1 Å². The Hall–Kier alpha value is -1.40. The molecule has 6 heteroatoms. The molecule has 1 aromatic carbocycles. The van der Waals surface area contributed by atoms with Crippen LogP contribution in [-0.2, 0) is 11.5 Å². The number of thioether (sulfide) groups is 2. The summed E-state index contributed by atoms with van der Waals surface area (Å²) in [7, 11) is 0. The minimum Gasteiger partial charge on any atom is -0.480 e.